The van der Waals surface area contributed by atoms with Crippen LogP contribution in [0.1, 0.15) is 39.8 Å². The Morgan fingerprint density at radius 2 is 1.31 bits per heavy atom. The smallest absolute Gasteiger partial charge is 0.308 e. The maximum atomic E-state index is 10.5. The number of rotatable bonds is 1. The lowest BCUT2D eigenvalue weighted by molar-refractivity contribution is -0.131. The number of phenols is 1. The van der Waals surface area contributed by atoms with E-state index < -0.39 is 0 Å². The third-order valence-corrected chi connectivity index (χ3v) is 2.46. The summed E-state index contributed by atoms with van der Waals surface area (Å²) in [7, 11) is 1.00. The fraction of sp³-hybridized carbons (Fsp3) is 0.333. The summed E-state index contributed by atoms with van der Waals surface area (Å²) < 4.78 is 4.91. The van der Waals surface area contributed by atoms with Gasteiger partial charge in [-0.15, -0.1) is 0 Å². The number of aliphatic hydroxyl groups is 1. The molecule has 0 radical (unpaired) electrons. The van der Waals surface area contributed by atoms with Crippen LogP contribution in [0, 0.1) is 13.8 Å². The van der Waals surface area contributed by atoms with Gasteiger partial charge in [-0.25, -0.2) is 0 Å². The molecule has 5 nitrogen and oxygen atoms in total. The summed E-state index contributed by atoms with van der Waals surface area (Å²) in [6.45, 7) is 6.61. The Kier molecular flexibility index (Phi) is 24.4. The third-order valence-electron chi connectivity index (χ3n) is 2.46. The van der Waals surface area contributed by atoms with E-state index in [1.54, 1.807) is 12.1 Å². The quantitative estimate of drug-likeness (QED) is 0.434. The van der Waals surface area contributed by atoms with Crippen LogP contribution >= 0.6 is 0 Å². The molecule has 26 heavy (non-hydrogen) atoms. The maximum Gasteiger partial charge on any atom is 0.308 e. The van der Waals surface area contributed by atoms with E-state index in [1.807, 2.05) is 50.2 Å². The van der Waals surface area contributed by atoms with Crippen molar-refractivity contribution in [1.82, 2.24) is 0 Å². The van der Waals surface area contributed by atoms with Crippen LogP contribution in [0.25, 0.3) is 0 Å². The van der Waals surface area contributed by atoms with Gasteiger partial charge >= 0.3 is 5.97 Å². The van der Waals surface area contributed by atoms with Crippen molar-refractivity contribution < 1.29 is 24.5 Å². The highest BCUT2D eigenvalue weighted by molar-refractivity contribution is 5.69. The number of ether oxygens (including phenoxy) is 1. The van der Waals surface area contributed by atoms with Gasteiger partial charge in [0.15, 0.2) is 0 Å². The number of aliphatic hydroxyl groups excluding tert-OH is 1. The van der Waals surface area contributed by atoms with Gasteiger partial charge in [0.2, 0.25) is 0 Å². The number of aryl methyl sites for hydroxylation is 2. The van der Waals surface area contributed by atoms with Crippen molar-refractivity contribution >= 4 is 12.3 Å². The van der Waals surface area contributed by atoms with Gasteiger partial charge in [-0.3, -0.25) is 4.79 Å². The SMILES string of the molecule is C.C.CC(=O)Oc1ccccc1C.CC=O.CO.Cc1ccccc1O. The summed E-state index contributed by atoms with van der Waals surface area (Å²) in [5.74, 6) is 0.729. The van der Waals surface area contributed by atoms with E-state index in [0.29, 0.717) is 11.5 Å². The molecule has 0 aliphatic carbocycles. The number of phenolic OH excluding ortho intramolecular Hbond substituents is 1. The van der Waals surface area contributed by atoms with E-state index >= 15 is 0 Å². The van der Waals surface area contributed by atoms with E-state index in [2.05, 4.69) is 0 Å². The van der Waals surface area contributed by atoms with Crippen LogP contribution in [-0.4, -0.2) is 29.6 Å². The number of carbonyl (C=O) groups is 2. The second-order valence-corrected chi connectivity index (χ2v) is 4.38. The van der Waals surface area contributed by atoms with Crippen LogP contribution in [0.3, 0.4) is 0 Å². The minimum atomic E-state index is -0.278. The number of benzene rings is 2. The summed E-state index contributed by atoms with van der Waals surface area (Å²) in [4.78, 5) is 19.3. The monoisotopic (exact) mass is 366 g/mol. The van der Waals surface area contributed by atoms with Crippen LogP contribution in [0.2, 0.25) is 0 Å². The number of hydrogen-bond donors (Lipinski definition) is 2. The fourth-order valence-electron chi connectivity index (χ4n) is 1.39. The lowest BCUT2D eigenvalue weighted by Crippen LogP contribution is -2.02. The van der Waals surface area contributed by atoms with Gasteiger partial charge in [0, 0.05) is 14.0 Å². The molecule has 2 aromatic carbocycles. The summed E-state index contributed by atoms with van der Waals surface area (Å²) in [5, 5.41) is 15.9. The molecule has 0 unspecified atom stereocenters. The van der Waals surface area contributed by atoms with Gasteiger partial charge in [-0.2, -0.15) is 0 Å². The first-order valence-electron chi connectivity index (χ1n) is 7.25. The van der Waals surface area contributed by atoms with Crippen LogP contribution in [0.4, 0.5) is 0 Å². The molecule has 0 bridgehead atoms. The van der Waals surface area contributed by atoms with Gasteiger partial charge in [0.25, 0.3) is 0 Å². The topological polar surface area (TPSA) is 83.8 Å². The number of esters is 1. The molecular weight excluding hydrogens is 332 g/mol. The number of carbonyl (C=O) groups excluding carboxylic acids is 2. The summed E-state index contributed by atoms with van der Waals surface area (Å²) >= 11 is 0. The zero-order valence-corrected chi connectivity index (χ0v) is 14.8. The Balaban J connectivity index is -0.000000144. The second kappa shape index (κ2) is 20.4. The lowest BCUT2D eigenvalue weighted by atomic mass is 10.2. The second-order valence-electron chi connectivity index (χ2n) is 4.38. The average molecular weight is 366 g/mol. The number of aromatic hydroxyl groups is 1. The predicted octanol–water partition coefficient (Wildman–Crippen LogP) is 4.71. The summed E-state index contributed by atoms with van der Waals surface area (Å²) in [6, 6.07) is 14.7. The lowest BCUT2D eigenvalue weighted by Gasteiger charge is -2.02. The van der Waals surface area contributed by atoms with Crippen LogP contribution in [-0.2, 0) is 9.59 Å². The van der Waals surface area contributed by atoms with E-state index in [1.165, 1.54) is 13.8 Å². The van der Waals surface area contributed by atoms with Crippen molar-refractivity contribution in [3.8, 4) is 11.5 Å². The molecule has 0 aliphatic heterocycles. The van der Waals surface area contributed by atoms with Crippen molar-refractivity contribution in [2.75, 3.05) is 7.11 Å². The molecule has 0 fully saturated rings. The van der Waals surface area contributed by atoms with Gasteiger partial charge < -0.3 is 19.7 Å². The Labute approximate surface area is 158 Å². The van der Waals surface area contributed by atoms with Crippen LogP contribution in [0.5, 0.6) is 11.5 Å². The van der Waals surface area contributed by atoms with Gasteiger partial charge in [-0.05, 0) is 44.0 Å². The van der Waals surface area contributed by atoms with Crippen LogP contribution < -0.4 is 4.74 Å². The summed E-state index contributed by atoms with van der Waals surface area (Å²) in [6.07, 6.45) is 0.750. The Hall–Kier alpha value is -2.66. The molecule has 0 saturated carbocycles. The van der Waals surface area contributed by atoms with Crippen molar-refractivity contribution in [1.29, 1.82) is 0 Å². The molecule has 0 amide bonds. The van der Waals surface area contributed by atoms with E-state index in [4.69, 9.17) is 19.7 Å². The van der Waals surface area contributed by atoms with E-state index in [-0.39, 0.29) is 20.8 Å². The molecule has 2 aromatic rings. The van der Waals surface area contributed by atoms with E-state index in [9.17, 15) is 4.79 Å². The molecule has 148 valence electrons. The standard InChI is InChI=1S/C9H10O2.C7H8O.C2H4O.CH4O.2CH4/c1-7-5-3-4-6-9(7)11-8(2)10;1-6-4-2-3-5-7(6)8;1-2-3;1-2;;/h3-6H,1-2H3;2-5,8H,1H3;2H,1H3;2H,1H3;2*1H4. The highest BCUT2D eigenvalue weighted by atomic mass is 16.5. The first-order valence-corrected chi connectivity index (χ1v) is 7.25. The zero-order chi connectivity index (χ0) is 19.0. The first-order chi connectivity index (χ1) is 11.4. The van der Waals surface area contributed by atoms with E-state index in [0.717, 1.165) is 24.5 Å². The molecule has 0 atom stereocenters. The Morgan fingerprint density at radius 3 is 1.62 bits per heavy atom. The number of aldehydes is 1. The van der Waals surface area contributed by atoms with Crippen molar-refractivity contribution in [2.24, 2.45) is 0 Å². The molecule has 0 saturated heterocycles. The predicted molar refractivity (Wildman–Crippen MR) is 109 cm³/mol. The third kappa shape index (κ3) is 16.2. The highest BCUT2D eigenvalue weighted by Gasteiger charge is 1.99. The number of para-hydroxylation sites is 2. The normalized spacial score (nSPS) is 7.46. The van der Waals surface area contributed by atoms with Gasteiger partial charge in [0.1, 0.15) is 17.8 Å². The average Bonchev–Trinajstić information content (AvgIpc) is 2.55. The Bertz CT molecular complexity index is 573. The minimum absolute atomic E-state index is 0. The first kappa shape index (κ1) is 31.1. The Morgan fingerprint density at radius 1 is 0.923 bits per heavy atom. The molecule has 2 rings (SSSR count). The van der Waals surface area contributed by atoms with Crippen molar-refractivity contribution in [2.45, 2.75) is 42.5 Å². The summed E-state index contributed by atoms with van der Waals surface area (Å²) in [5.41, 5.74) is 1.90. The molecule has 0 spiro atoms. The fourth-order valence-corrected chi connectivity index (χ4v) is 1.39. The largest absolute Gasteiger partial charge is 0.508 e. The van der Waals surface area contributed by atoms with Crippen molar-refractivity contribution in [3.05, 3.63) is 59.7 Å². The maximum absolute atomic E-state index is 10.5. The number of hydrogen-bond acceptors (Lipinski definition) is 5. The highest BCUT2D eigenvalue weighted by Crippen LogP contribution is 2.15. The van der Waals surface area contributed by atoms with Crippen molar-refractivity contribution in [3.63, 3.8) is 0 Å². The molecule has 5 heteroatoms. The zero-order valence-electron chi connectivity index (χ0n) is 14.8. The molecule has 0 aromatic heterocycles. The molecule has 2 N–H and O–H groups in total. The van der Waals surface area contributed by atoms with Gasteiger partial charge in [-0.1, -0.05) is 51.3 Å². The van der Waals surface area contributed by atoms with Crippen LogP contribution in [0.15, 0.2) is 48.5 Å². The van der Waals surface area contributed by atoms with Gasteiger partial charge in [0.05, 0.1) is 0 Å². The minimum Gasteiger partial charge on any atom is -0.508 e. The molecular formula is C21H34O5. The molecule has 0 heterocycles. The molecule has 0 aliphatic rings.